The molecular formula is C12H16FNO2. The monoisotopic (exact) mass is 225 g/mol. The number of carbonyl (C=O) groups is 1. The molecule has 16 heavy (non-hydrogen) atoms. The van der Waals surface area contributed by atoms with Crippen LogP contribution in [0.5, 0.6) is 5.75 Å². The summed E-state index contributed by atoms with van der Waals surface area (Å²) in [5.41, 5.74) is 0.374. The maximum Gasteiger partial charge on any atom is 0.176 e. The average molecular weight is 225 g/mol. The predicted molar refractivity (Wildman–Crippen MR) is 60.5 cm³/mol. The highest BCUT2D eigenvalue weighted by atomic mass is 19.1. The zero-order valence-corrected chi connectivity index (χ0v) is 9.79. The van der Waals surface area contributed by atoms with Gasteiger partial charge in [0.15, 0.2) is 17.3 Å². The van der Waals surface area contributed by atoms with Crippen LogP contribution < -0.4 is 4.74 Å². The first-order valence-corrected chi connectivity index (χ1v) is 5.13. The van der Waals surface area contributed by atoms with Gasteiger partial charge in [0.05, 0.1) is 13.7 Å². The summed E-state index contributed by atoms with van der Waals surface area (Å²) in [5.74, 6) is -0.446. The number of nitrogens with zero attached hydrogens (tertiary/aromatic N) is 1. The van der Waals surface area contributed by atoms with Gasteiger partial charge in [0.1, 0.15) is 0 Å². The second kappa shape index (κ2) is 5.61. The lowest BCUT2D eigenvalue weighted by molar-refractivity contribution is 0.0948. The number of ether oxygens (including phenoxy) is 1. The Balaban J connectivity index is 2.81. The van der Waals surface area contributed by atoms with Crippen LogP contribution in [-0.4, -0.2) is 37.9 Å². The Kier molecular flexibility index (Phi) is 4.43. The summed E-state index contributed by atoms with van der Waals surface area (Å²) in [4.78, 5) is 13.6. The van der Waals surface area contributed by atoms with E-state index in [0.29, 0.717) is 12.1 Å². The van der Waals surface area contributed by atoms with Crippen LogP contribution >= 0.6 is 0 Å². The van der Waals surface area contributed by atoms with Gasteiger partial charge >= 0.3 is 0 Å². The maximum absolute atomic E-state index is 13.3. The summed E-state index contributed by atoms with van der Waals surface area (Å²) >= 11 is 0. The van der Waals surface area contributed by atoms with Crippen LogP contribution in [0.25, 0.3) is 0 Å². The van der Waals surface area contributed by atoms with E-state index in [1.165, 1.54) is 19.2 Å². The number of Topliss-reactive ketones (excluding diaryl/α,β-unsaturated/α-hetero) is 1. The van der Waals surface area contributed by atoms with Crippen molar-refractivity contribution in [3.05, 3.63) is 29.6 Å². The molecule has 0 radical (unpaired) electrons. The molecule has 1 rings (SSSR count). The van der Waals surface area contributed by atoms with Crippen molar-refractivity contribution in [1.82, 2.24) is 4.90 Å². The van der Waals surface area contributed by atoms with E-state index in [0.717, 1.165) is 6.54 Å². The summed E-state index contributed by atoms with van der Waals surface area (Å²) in [6.07, 6.45) is 0. The number of halogens is 1. The maximum atomic E-state index is 13.3. The van der Waals surface area contributed by atoms with E-state index in [1.807, 2.05) is 18.9 Å². The Morgan fingerprint density at radius 1 is 1.50 bits per heavy atom. The third-order valence-electron chi connectivity index (χ3n) is 2.43. The Hall–Kier alpha value is -1.42. The molecule has 0 amide bonds. The molecule has 0 atom stereocenters. The molecule has 0 aliphatic carbocycles. The molecule has 1 aromatic carbocycles. The highest BCUT2D eigenvalue weighted by Gasteiger charge is 2.11. The molecule has 0 bridgehead atoms. The van der Waals surface area contributed by atoms with E-state index in [4.69, 9.17) is 4.74 Å². The van der Waals surface area contributed by atoms with Gasteiger partial charge in [-0.15, -0.1) is 0 Å². The summed E-state index contributed by atoms with van der Waals surface area (Å²) in [5, 5.41) is 0. The molecule has 1 aromatic rings. The van der Waals surface area contributed by atoms with Crippen LogP contribution in [0.2, 0.25) is 0 Å². The SMILES string of the molecule is CCN(C)CC(=O)c1ccc(OC)c(F)c1. The van der Waals surface area contributed by atoms with E-state index in [2.05, 4.69) is 0 Å². The molecule has 0 saturated carbocycles. The summed E-state index contributed by atoms with van der Waals surface area (Å²) in [7, 11) is 3.24. The van der Waals surface area contributed by atoms with Gasteiger partial charge in [-0.05, 0) is 31.8 Å². The Morgan fingerprint density at radius 3 is 2.69 bits per heavy atom. The van der Waals surface area contributed by atoms with E-state index in [1.54, 1.807) is 6.07 Å². The minimum atomic E-state index is -0.507. The molecule has 0 unspecified atom stereocenters. The van der Waals surface area contributed by atoms with Crippen molar-refractivity contribution in [1.29, 1.82) is 0 Å². The van der Waals surface area contributed by atoms with Crippen LogP contribution in [0.4, 0.5) is 4.39 Å². The number of benzene rings is 1. The van der Waals surface area contributed by atoms with Gasteiger partial charge < -0.3 is 4.74 Å². The summed E-state index contributed by atoms with van der Waals surface area (Å²) in [6, 6.07) is 4.26. The van der Waals surface area contributed by atoms with Crippen molar-refractivity contribution in [2.75, 3.05) is 27.2 Å². The van der Waals surface area contributed by atoms with Crippen LogP contribution in [-0.2, 0) is 0 Å². The fraction of sp³-hybridized carbons (Fsp3) is 0.417. The van der Waals surface area contributed by atoms with Gasteiger partial charge in [-0.1, -0.05) is 6.92 Å². The molecule has 0 spiro atoms. The van der Waals surface area contributed by atoms with Crippen molar-refractivity contribution in [3.63, 3.8) is 0 Å². The number of ketones is 1. The largest absolute Gasteiger partial charge is 0.494 e. The molecule has 88 valence electrons. The standard InChI is InChI=1S/C12H16FNO2/c1-4-14(2)8-11(15)9-5-6-12(16-3)10(13)7-9/h5-7H,4,8H2,1-3H3. The predicted octanol–water partition coefficient (Wildman–Crippen LogP) is 1.97. The first-order chi connectivity index (χ1) is 7.58. The molecule has 0 aliphatic rings. The van der Waals surface area contributed by atoms with Crippen LogP contribution in [0.15, 0.2) is 18.2 Å². The van der Waals surface area contributed by atoms with Gasteiger partial charge in [0.2, 0.25) is 0 Å². The number of hydrogen-bond acceptors (Lipinski definition) is 3. The van der Waals surface area contributed by atoms with Crippen molar-refractivity contribution in [2.45, 2.75) is 6.92 Å². The van der Waals surface area contributed by atoms with Crippen LogP contribution in [0.1, 0.15) is 17.3 Å². The molecule has 0 aromatic heterocycles. The van der Waals surface area contributed by atoms with Crippen LogP contribution in [0, 0.1) is 5.82 Å². The third-order valence-corrected chi connectivity index (χ3v) is 2.43. The molecule has 0 heterocycles. The minimum absolute atomic E-state index is 0.0918. The van der Waals surface area contributed by atoms with Crippen LogP contribution in [0.3, 0.4) is 0 Å². The zero-order chi connectivity index (χ0) is 12.1. The molecule has 3 nitrogen and oxygen atoms in total. The second-order valence-corrected chi connectivity index (χ2v) is 3.60. The normalized spacial score (nSPS) is 10.6. The Morgan fingerprint density at radius 2 is 2.19 bits per heavy atom. The Labute approximate surface area is 94.8 Å². The lowest BCUT2D eigenvalue weighted by Gasteiger charge is -2.12. The fourth-order valence-electron chi connectivity index (χ4n) is 1.29. The summed E-state index contributed by atoms with van der Waals surface area (Å²) in [6.45, 7) is 3.04. The highest BCUT2D eigenvalue weighted by Crippen LogP contribution is 2.17. The van der Waals surface area contributed by atoms with Crippen molar-refractivity contribution in [3.8, 4) is 5.75 Å². The van der Waals surface area contributed by atoms with E-state index >= 15 is 0 Å². The van der Waals surface area contributed by atoms with Gasteiger partial charge in [-0.25, -0.2) is 4.39 Å². The molecule has 0 N–H and O–H groups in total. The number of carbonyl (C=O) groups excluding carboxylic acids is 1. The van der Waals surface area contributed by atoms with Crippen molar-refractivity contribution < 1.29 is 13.9 Å². The van der Waals surface area contributed by atoms with Gasteiger partial charge in [0.25, 0.3) is 0 Å². The molecule has 0 aliphatic heterocycles. The third kappa shape index (κ3) is 3.03. The summed E-state index contributed by atoms with van der Waals surface area (Å²) < 4.78 is 18.1. The molecule has 0 fully saturated rings. The first kappa shape index (κ1) is 12.6. The minimum Gasteiger partial charge on any atom is -0.494 e. The zero-order valence-electron chi connectivity index (χ0n) is 9.79. The van der Waals surface area contributed by atoms with E-state index in [9.17, 15) is 9.18 Å². The Bertz CT molecular complexity index is 379. The molecular weight excluding hydrogens is 209 g/mol. The second-order valence-electron chi connectivity index (χ2n) is 3.60. The van der Waals surface area contributed by atoms with Gasteiger partial charge in [-0.3, -0.25) is 9.69 Å². The number of hydrogen-bond donors (Lipinski definition) is 0. The molecule has 4 heteroatoms. The van der Waals surface area contributed by atoms with Gasteiger partial charge in [-0.2, -0.15) is 0 Å². The number of methoxy groups -OCH3 is 1. The topological polar surface area (TPSA) is 29.5 Å². The van der Waals surface area contributed by atoms with Crippen molar-refractivity contribution in [2.24, 2.45) is 0 Å². The van der Waals surface area contributed by atoms with Gasteiger partial charge in [0, 0.05) is 5.56 Å². The van der Waals surface area contributed by atoms with E-state index in [-0.39, 0.29) is 11.5 Å². The smallest absolute Gasteiger partial charge is 0.176 e. The van der Waals surface area contributed by atoms with Crippen molar-refractivity contribution >= 4 is 5.78 Å². The number of rotatable bonds is 5. The highest BCUT2D eigenvalue weighted by molar-refractivity contribution is 5.97. The quantitative estimate of drug-likeness (QED) is 0.717. The molecule has 0 saturated heterocycles. The first-order valence-electron chi connectivity index (χ1n) is 5.13. The van der Waals surface area contributed by atoms with E-state index < -0.39 is 5.82 Å². The lowest BCUT2D eigenvalue weighted by atomic mass is 10.1. The number of likely N-dealkylation sites (N-methyl/N-ethyl adjacent to an activating group) is 1. The lowest BCUT2D eigenvalue weighted by Crippen LogP contribution is -2.25. The fourth-order valence-corrected chi connectivity index (χ4v) is 1.29. The average Bonchev–Trinajstić information content (AvgIpc) is 2.28.